The van der Waals surface area contributed by atoms with Crippen molar-refractivity contribution in [2.24, 2.45) is 5.73 Å². The summed E-state index contributed by atoms with van der Waals surface area (Å²) < 4.78 is 24.8. The predicted molar refractivity (Wildman–Crippen MR) is 71.5 cm³/mol. The molecule has 0 radical (unpaired) electrons. The Morgan fingerprint density at radius 1 is 1.00 bits per heavy atom. The van der Waals surface area contributed by atoms with Crippen molar-refractivity contribution in [2.45, 2.75) is 0 Å². The lowest BCUT2D eigenvalue weighted by molar-refractivity contribution is 0.0999. The van der Waals surface area contributed by atoms with Crippen LogP contribution in [0.5, 0.6) is 0 Å². The lowest BCUT2D eigenvalue weighted by Crippen LogP contribution is -2.09. The van der Waals surface area contributed by atoms with Crippen molar-refractivity contribution in [1.82, 2.24) is 0 Å². The summed E-state index contributed by atoms with van der Waals surface area (Å²) in [5.41, 5.74) is 5.22. The van der Waals surface area contributed by atoms with E-state index >= 15 is 0 Å². The van der Waals surface area contributed by atoms with Gasteiger partial charge in [-0.2, -0.15) is 0 Å². The van der Waals surface area contributed by atoms with E-state index in [4.69, 9.17) is 17.3 Å². The van der Waals surface area contributed by atoms with Crippen molar-refractivity contribution in [1.29, 1.82) is 0 Å². The third kappa shape index (κ3) is 4.78. The van der Waals surface area contributed by atoms with Crippen LogP contribution in [0.15, 0.2) is 48.5 Å². The summed E-state index contributed by atoms with van der Waals surface area (Å²) in [5, 5.41) is -0.928. The number of carbonyl (C=O) groups excluding carboxylic acids is 2. The molecule has 2 aromatic carbocycles. The standard InChI is InChI=1S/C7H3ClF2O.C7H7NO/c8-7(11)5-2-1-4(9)3-6(5)10;8-7(9)6-4-2-1-3-5-6/h1-3H;1-5H,(H2,8,9). The van der Waals surface area contributed by atoms with Crippen molar-refractivity contribution < 1.29 is 18.4 Å². The van der Waals surface area contributed by atoms with Crippen LogP contribution >= 0.6 is 11.6 Å². The molecule has 104 valence electrons. The molecule has 0 aliphatic heterocycles. The Morgan fingerprint density at radius 2 is 1.60 bits per heavy atom. The maximum atomic E-state index is 12.6. The third-order valence-corrected chi connectivity index (χ3v) is 2.40. The van der Waals surface area contributed by atoms with Crippen LogP contribution < -0.4 is 5.73 Å². The van der Waals surface area contributed by atoms with Crippen molar-refractivity contribution in [3.8, 4) is 0 Å². The number of hydrogen-bond donors (Lipinski definition) is 1. The smallest absolute Gasteiger partial charge is 0.255 e. The highest BCUT2D eigenvalue weighted by atomic mass is 35.5. The van der Waals surface area contributed by atoms with Gasteiger partial charge >= 0.3 is 0 Å². The van der Waals surface area contributed by atoms with Crippen LogP contribution in [0.3, 0.4) is 0 Å². The molecule has 0 spiro atoms. The zero-order valence-electron chi connectivity index (χ0n) is 10.1. The maximum Gasteiger partial charge on any atom is 0.255 e. The average molecular weight is 298 g/mol. The highest BCUT2D eigenvalue weighted by molar-refractivity contribution is 6.67. The molecule has 0 unspecified atom stereocenters. The predicted octanol–water partition coefficient (Wildman–Crippen LogP) is 3.13. The number of primary amides is 1. The zero-order chi connectivity index (χ0) is 15.1. The molecule has 0 atom stereocenters. The molecule has 2 aromatic rings. The maximum absolute atomic E-state index is 12.6. The molecule has 0 heterocycles. The van der Waals surface area contributed by atoms with E-state index < -0.39 is 16.9 Å². The van der Waals surface area contributed by atoms with E-state index in [1.165, 1.54) is 0 Å². The molecule has 0 saturated heterocycles. The van der Waals surface area contributed by atoms with E-state index in [9.17, 15) is 18.4 Å². The summed E-state index contributed by atoms with van der Waals surface area (Å²) in [5.74, 6) is -2.05. The van der Waals surface area contributed by atoms with Gasteiger partial charge in [0, 0.05) is 11.6 Å². The molecule has 6 heteroatoms. The first-order valence-electron chi connectivity index (χ1n) is 5.41. The van der Waals surface area contributed by atoms with Crippen molar-refractivity contribution in [2.75, 3.05) is 0 Å². The van der Waals surface area contributed by atoms with Gasteiger partial charge in [-0.25, -0.2) is 8.78 Å². The number of benzene rings is 2. The highest BCUT2D eigenvalue weighted by Gasteiger charge is 2.08. The molecule has 0 aliphatic rings. The quantitative estimate of drug-likeness (QED) is 0.866. The fraction of sp³-hybridized carbons (Fsp3) is 0. The van der Waals surface area contributed by atoms with Gasteiger partial charge in [0.25, 0.3) is 5.24 Å². The van der Waals surface area contributed by atoms with Crippen molar-refractivity contribution in [3.63, 3.8) is 0 Å². The lowest BCUT2D eigenvalue weighted by Gasteiger charge is -1.94. The summed E-state index contributed by atoms with van der Waals surface area (Å²) in [6.45, 7) is 0. The monoisotopic (exact) mass is 297 g/mol. The van der Waals surface area contributed by atoms with Crippen LogP contribution in [-0.4, -0.2) is 11.1 Å². The second-order valence-electron chi connectivity index (χ2n) is 3.63. The van der Waals surface area contributed by atoms with Gasteiger partial charge in [0.1, 0.15) is 11.6 Å². The molecular weight excluding hydrogens is 288 g/mol. The van der Waals surface area contributed by atoms with Gasteiger partial charge < -0.3 is 5.73 Å². The summed E-state index contributed by atoms with van der Waals surface area (Å²) in [6, 6.07) is 11.3. The molecule has 1 amide bonds. The first-order chi connectivity index (χ1) is 9.41. The van der Waals surface area contributed by atoms with Crippen LogP contribution in [0, 0.1) is 11.6 Å². The van der Waals surface area contributed by atoms with E-state index in [1.54, 1.807) is 24.3 Å². The second-order valence-corrected chi connectivity index (χ2v) is 3.97. The van der Waals surface area contributed by atoms with Gasteiger partial charge in [-0.15, -0.1) is 0 Å². The van der Waals surface area contributed by atoms with Crippen LogP contribution in [0.2, 0.25) is 0 Å². The van der Waals surface area contributed by atoms with E-state index in [2.05, 4.69) is 0 Å². The Bertz CT molecular complexity index is 618. The first kappa shape index (κ1) is 15.8. The number of amides is 1. The second kappa shape index (κ2) is 7.35. The third-order valence-electron chi connectivity index (χ3n) is 2.20. The van der Waals surface area contributed by atoms with E-state index in [1.807, 2.05) is 6.07 Å². The number of carbonyl (C=O) groups is 2. The molecule has 3 nitrogen and oxygen atoms in total. The minimum absolute atomic E-state index is 0.312. The Hall–Kier alpha value is -2.27. The van der Waals surface area contributed by atoms with Gasteiger partial charge in [-0.05, 0) is 35.9 Å². The summed E-state index contributed by atoms with van der Waals surface area (Å²) in [6.07, 6.45) is 0. The molecule has 2 N–H and O–H groups in total. The number of halogens is 3. The normalized spacial score (nSPS) is 9.35. The van der Waals surface area contributed by atoms with E-state index in [0.717, 1.165) is 12.1 Å². The van der Waals surface area contributed by atoms with Crippen LogP contribution in [-0.2, 0) is 0 Å². The minimum atomic E-state index is -0.940. The fourth-order valence-corrected chi connectivity index (χ4v) is 1.40. The molecule has 0 aromatic heterocycles. The summed E-state index contributed by atoms with van der Waals surface area (Å²) in [7, 11) is 0. The number of rotatable bonds is 2. The molecule has 20 heavy (non-hydrogen) atoms. The van der Waals surface area contributed by atoms with Crippen LogP contribution in [0.4, 0.5) is 8.78 Å². The number of hydrogen-bond acceptors (Lipinski definition) is 2. The Labute approximate surface area is 119 Å². The topological polar surface area (TPSA) is 60.2 Å². The largest absolute Gasteiger partial charge is 0.366 e. The van der Waals surface area contributed by atoms with Gasteiger partial charge in [0.15, 0.2) is 0 Å². The first-order valence-corrected chi connectivity index (χ1v) is 5.79. The Kier molecular flexibility index (Phi) is 5.80. The molecule has 0 saturated carbocycles. The summed E-state index contributed by atoms with van der Waals surface area (Å²) >= 11 is 4.96. The zero-order valence-corrected chi connectivity index (χ0v) is 10.9. The molecule has 2 rings (SSSR count). The fourth-order valence-electron chi connectivity index (χ4n) is 1.25. The van der Waals surface area contributed by atoms with Crippen LogP contribution in [0.1, 0.15) is 20.7 Å². The van der Waals surface area contributed by atoms with E-state index in [0.29, 0.717) is 11.6 Å². The highest BCUT2D eigenvalue weighted by Crippen LogP contribution is 2.11. The molecular formula is C14H10ClF2NO2. The Morgan fingerprint density at radius 3 is 2.00 bits per heavy atom. The van der Waals surface area contributed by atoms with Gasteiger partial charge in [0.05, 0.1) is 5.56 Å². The van der Waals surface area contributed by atoms with Crippen LogP contribution in [0.25, 0.3) is 0 Å². The molecule has 0 bridgehead atoms. The van der Waals surface area contributed by atoms with Crippen molar-refractivity contribution in [3.05, 3.63) is 71.3 Å². The lowest BCUT2D eigenvalue weighted by atomic mass is 10.2. The van der Waals surface area contributed by atoms with E-state index in [-0.39, 0.29) is 11.5 Å². The minimum Gasteiger partial charge on any atom is -0.366 e. The van der Waals surface area contributed by atoms with Crippen molar-refractivity contribution >= 4 is 22.8 Å². The molecule has 0 fully saturated rings. The number of nitrogens with two attached hydrogens (primary N) is 1. The molecule has 0 aliphatic carbocycles. The summed E-state index contributed by atoms with van der Waals surface area (Å²) in [4.78, 5) is 20.8. The average Bonchev–Trinajstić information content (AvgIpc) is 2.40. The van der Waals surface area contributed by atoms with Gasteiger partial charge in [-0.3, -0.25) is 9.59 Å². The Balaban J connectivity index is 0.000000204. The van der Waals surface area contributed by atoms with Gasteiger partial charge in [0.2, 0.25) is 5.91 Å². The SMILES string of the molecule is NC(=O)c1ccccc1.O=C(Cl)c1ccc(F)cc1F. The van der Waals surface area contributed by atoms with Gasteiger partial charge in [-0.1, -0.05) is 18.2 Å².